The van der Waals surface area contributed by atoms with E-state index in [1.165, 1.54) is 0 Å². The summed E-state index contributed by atoms with van der Waals surface area (Å²) in [6.07, 6.45) is 0.687. The summed E-state index contributed by atoms with van der Waals surface area (Å²) in [6, 6.07) is 7.60. The minimum atomic E-state index is -0.649. The van der Waals surface area contributed by atoms with Gasteiger partial charge in [0.05, 0.1) is 0 Å². The summed E-state index contributed by atoms with van der Waals surface area (Å²) in [4.78, 5) is 28.3. The van der Waals surface area contributed by atoms with E-state index in [2.05, 4.69) is 27.5 Å². The lowest BCUT2D eigenvalue weighted by molar-refractivity contribution is -0.136. The lowest BCUT2D eigenvalue weighted by Crippen LogP contribution is -2.44. The van der Waals surface area contributed by atoms with Crippen molar-refractivity contribution in [1.82, 2.24) is 10.2 Å². The smallest absolute Gasteiger partial charge is 0.313 e. The highest BCUT2D eigenvalue weighted by molar-refractivity contribution is 6.39. The van der Waals surface area contributed by atoms with Crippen molar-refractivity contribution in [2.45, 2.75) is 13.3 Å². The summed E-state index contributed by atoms with van der Waals surface area (Å²) in [5, 5.41) is 5.21. The van der Waals surface area contributed by atoms with Gasteiger partial charge in [-0.1, -0.05) is 0 Å². The fraction of sp³-hybridized carbons (Fsp3) is 0.556. The topological polar surface area (TPSA) is 73.9 Å². The van der Waals surface area contributed by atoms with Crippen molar-refractivity contribution in [2.75, 3.05) is 63.2 Å². The molecule has 1 heterocycles. The summed E-state index contributed by atoms with van der Waals surface area (Å²) in [5.74, 6) is -1.27. The number of nitrogens with zero attached hydrogens (tertiary/aromatic N) is 2. The highest BCUT2D eigenvalue weighted by Crippen LogP contribution is 2.19. The van der Waals surface area contributed by atoms with Crippen molar-refractivity contribution in [3.05, 3.63) is 24.3 Å². The van der Waals surface area contributed by atoms with Crippen LogP contribution in [-0.4, -0.2) is 69.7 Å². The number of piperazine rings is 1. The second kappa shape index (κ2) is 10.0. The zero-order valence-electron chi connectivity index (χ0n) is 15.1. The zero-order valence-corrected chi connectivity index (χ0v) is 15.1. The number of anilines is 2. The molecule has 0 aromatic heterocycles. The van der Waals surface area contributed by atoms with E-state index in [9.17, 15) is 9.59 Å². The number of amides is 2. The summed E-state index contributed by atoms with van der Waals surface area (Å²) in [6.45, 7) is 7.64. The van der Waals surface area contributed by atoms with Gasteiger partial charge in [-0.25, -0.2) is 0 Å². The van der Waals surface area contributed by atoms with Gasteiger partial charge >= 0.3 is 11.8 Å². The molecule has 2 N–H and O–H groups in total. The van der Waals surface area contributed by atoms with Gasteiger partial charge in [-0.05, 0) is 44.7 Å². The average molecular weight is 348 g/mol. The van der Waals surface area contributed by atoms with Crippen LogP contribution >= 0.6 is 0 Å². The maximum Gasteiger partial charge on any atom is 0.313 e. The van der Waals surface area contributed by atoms with Crippen LogP contribution in [-0.2, 0) is 14.3 Å². The normalized spacial score (nSPS) is 15.0. The Morgan fingerprint density at radius 2 is 1.76 bits per heavy atom. The highest BCUT2D eigenvalue weighted by atomic mass is 16.5. The van der Waals surface area contributed by atoms with E-state index in [0.29, 0.717) is 31.9 Å². The van der Waals surface area contributed by atoms with E-state index in [-0.39, 0.29) is 0 Å². The van der Waals surface area contributed by atoms with Crippen molar-refractivity contribution >= 4 is 23.2 Å². The average Bonchev–Trinajstić information content (AvgIpc) is 2.62. The largest absolute Gasteiger partial charge is 0.382 e. The van der Waals surface area contributed by atoms with Gasteiger partial charge in [0, 0.05) is 57.3 Å². The molecule has 1 aliphatic heterocycles. The van der Waals surface area contributed by atoms with Crippen molar-refractivity contribution in [3.63, 3.8) is 0 Å². The van der Waals surface area contributed by atoms with E-state index in [0.717, 1.165) is 31.9 Å². The van der Waals surface area contributed by atoms with Crippen LogP contribution in [0.2, 0.25) is 0 Å². The molecule has 7 nitrogen and oxygen atoms in total. The van der Waals surface area contributed by atoms with Crippen LogP contribution in [0.1, 0.15) is 13.3 Å². The first-order chi connectivity index (χ1) is 12.1. The Kier molecular flexibility index (Phi) is 7.69. The van der Waals surface area contributed by atoms with Crippen LogP contribution in [0.25, 0.3) is 0 Å². The number of hydrogen-bond donors (Lipinski definition) is 2. The number of carbonyl (C=O) groups excluding carboxylic acids is 2. The molecule has 0 radical (unpaired) electrons. The molecule has 2 amide bonds. The molecule has 1 aliphatic rings. The van der Waals surface area contributed by atoms with Crippen molar-refractivity contribution < 1.29 is 14.3 Å². The van der Waals surface area contributed by atoms with Crippen molar-refractivity contribution in [3.8, 4) is 0 Å². The van der Waals surface area contributed by atoms with Crippen molar-refractivity contribution in [1.29, 1.82) is 0 Å². The van der Waals surface area contributed by atoms with E-state index in [4.69, 9.17) is 4.74 Å². The third-order valence-corrected chi connectivity index (χ3v) is 4.15. The molecule has 0 bridgehead atoms. The third kappa shape index (κ3) is 6.36. The van der Waals surface area contributed by atoms with Crippen LogP contribution in [0, 0.1) is 0 Å². The first kappa shape index (κ1) is 19.2. The molecule has 0 unspecified atom stereocenters. The fourth-order valence-electron chi connectivity index (χ4n) is 2.61. The van der Waals surface area contributed by atoms with Gasteiger partial charge in [-0.3, -0.25) is 9.59 Å². The Balaban J connectivity index is 1.76. The standard InChI is InChI=1S/C18H28N4O3/c1-3-25-14-4-9-19-17(23)18(24)20-15-5-7-16(8-6-15)22-12-10-21(2)11-13-22/h5-8H,3-4,9-14H2,1-2H3,(H,19,23)(H,20,24). The molecule has 0 spiro atoms. The Labute approximate surface area is 149 Å². The Morgan fingerprint density at radius 3 is 2.40 bits per heavy atom. The van der Waals surface area contributed by atoms with E-state index < -0.39 is 11.8 Å². The molecular formula is C18H28N4O3. The molecule has 1 fully saturated rings. The molecule has 0 atom stereocenters. The molecule has 2 rings (SSSR count). The van der Waals surface area contributed by atoms with Crippen LogP contribution in [0.15, 0.2) is 24.3 Å². The van der Waals surface area contributed by atoms with E-state index >= 15 is 0 Å². The molecule has 7 heteroatoms. The van der Waals surface area contributed by atoms with Gasteiger partial charge < -0.3 is 25.2 Å². The number of likely N-dealkylation sites (N-methyl/N-ethyl adjacent to an activating group) is 1. The van der Waals surface area contributed by atoms with Crippen LogP contribution in [0.3, 0.4) is 0 Å². The minimum absolute atomic E-state index is 0.425. The quantitative estimate of drug-likeness (QED) is 0.566. The fourth-order valence-corrected chi connectivity index (χ4v) is 2.61. The number of carbonyl (C=O) groups is 2. The first-order valence-electron chi connectivity index (χ1n) is 8.80. The molecule has 0 aliphatic carbocycles. The first-order valence-corrected chi connectivity index (χ1v) is 8.80. The lowest BCUT2D eigenvalue weighted by atomic mass is 10.2. The Morgan fingerprint density at radius 1 is 1.08 bits per heavy atom. The van der Waals surface area contributed by atoms with Gasteiger partial charge in [0.1, 0.15) is 0 Å². The number of benzene rings is 1. The summed E-state index contributed by atoms with van der Waals surface area (Å²) >= 11 is 0. The van der Waals surface area contributed by atoms with Crippen molar-refractivity contribution in [2.24, 2.45) is 0 Å². The predicted octanol–water partition coefficient (Wildman–Crippen LogP) is 0.920. The van der Waals surface area contributed by atoms with E-state index in [1.54, 1.807) is 0 Å². The highest BCUT2D eigenvalue weighted by Gasteiger charge is 2.15. The molecule has 138 valence electrons. The molecule has 0 saturated carbocycles. The zero-order chi connectivity index (χ0) is 18.1. The summed E-state index contributed by atoms with van der Waals surface area (Å²) in [5.41, 5.74) is 1.75. The Bertz CT molecular complexity index is 554. The number of nitrogens with one attached hydrogen (secondary N) is 2. The van der Waals surface area contributed by atoms with Gasteiger partial charge in [0.15, 0.2) is 0 Å². The lowest BCUT2D eigenvalue weighted by Gasteiger charge is -2.34. The van der Waals surface area contributed by atoms with Gasteiger partial charge in [-0.15, -0.1) is 0 Å². The molecule has 1 aromatic rings. The van der Waals surface area contributed by atoms with Gasteiger partial charge in [0.2, 0.25) is 0 Å². The number of hydrogen-bond acceptors (Lipinski definition) is 5. The number of ether oxygens (including phenoxy) is 1. The monoisotopic (exact) mass is 348 g/mol. The van der Waals surface area contributed by atoms with Gasteiger partial charge in [-0.2, -0.15) is 0 Å². The van der Waals surface area contributed by atoms with Crippen LogP contribution in [0.4, 0.5) is 11.4 Å². The maximum atomic E-state index is 11.9. The van der Waals surface area contributed by atoms with Gasteiger partial charge in [0.25, 0.3) is 0 Å². The summed E-state index contributed by atoms with van der Waals surface area (Å²) < 4.78 is 5.18. The van der Waals surface area contributed by atoms with Crippen LogP contribution < -0.4 is 15.5 Å². The number of rotatable bonds is 7. The maximum absolute atomic E-state index is 11.9. The molecule has 25 heavy (non-hydrogen) atoms. The second-order valence-electron chi connectivity index (χ2n) is 6.10. The minimum Gasteiger partial charge on any atom is -0.382 e. The molecule has 1 saturated heterocycles. The second-order valence-corrected chi connectivity index (χ2v) is 6.10. The summed E-state index contributed by atoms with van der Waals surface area (Å²) in [7, 11) is 2.12. The third-order valence-electron chi connectivity index (χ3n) is 4.15. The molecular weight excluding hydrogens is 320 g/mol. The van der Waals surface area contributed by atoms with E-state index in [1.807, 2.05) is 31.2 Å². The predicted molar refractivity (Wildman–Crippen MR) is 98.9 cm³/mol. The SMILES string of the molecule is CCOCCCNC(=O)C(=O)Nc1ccc(N2CCN(C)CC2)cc1. The van der Waals surface area contributed by atoms with Crippen LogP contribution in [0.5, 0.6) is 0 Å². The Hall–Kier alpha value is -2.12. The molecule has 1 aromatic carbocycles.